The topological polar surface area (TPSA) is 57.6 Å². The number of ether oxygens (including phenoxy) is 1. The first kappa shape index (κ1) is 26.4. The van der Waals surface area contributed by atoms with Crippen molar-refractivity contribution in [3.05, 3.63) is 65.0 Å². The lowest BCUT2D eigenvalue weighted by Crippen LogP contribution is -2.52. The fourth-order valence-electron chi connectivity index (χ4n) is 8.29. The molecule has 4 aliphatic rings. The van der Waals surface area contributed by atoms with Crippen molar-refractivity contribution in [2.75, 3.05) is 19.7 Å². The number of aliphatic hydroxyl groups is 1. The van der Waals surface area contributed by atoms with E-state index in [9.17, 15) is 5.11 Å². The van der Waals surface area contributed by atoms with Crippen molar-refractivity contribution < 1.29 is 9.84 Å². The SMILES string of the molecule is CC(N1CCc2cccc3c2C1CCC3NCC[C@@]1(c2ccccn2)CCOC2(CCCC2)C1)C(C)(C)O. The lowest BCUT2D eigenvalue weighted by molar-refractivity contribution is -0.104. The molecule has 3 unspecified atom stereocenters. The Labute approximate surface area is 229 Å². The highest BCUT2D eigenvalue weighted by Gasteiger charge is 2.48. The Hall–Kier alpha value is -1.79. The normalized spacial score (nSPS) is 29.8. The van der Waals surface area contributed by atoms with E-state index < -0.39 is 5.60 Å². The lowest BCUT2D eigenvalue weighted by Gasteiger charge is -2.49. The molecule has 0 amide bonds. The van der Waals surface area contributed by atoms with Gasteiger partial charge in [-0.25, -0.2) is 0 Å². The van der Waals surface area contributed by atoms with E-state index in [1.165, 1.54) is 48.1 Å². The summed E-state index contributed by atoms with van der Waals surface area (Å²) in [4.78, 5) is 7.48. The lowest BCUT2D eigenvalue weighted by atomic mass is 9.68. The van der Waals surface area contributed by atoms with Crippen molar-refractivity contribution in [2.24, 2.45) is 0 Å². The number of aromatic nitrogens is 1. The maximum atomic E-state index is 10.8. The van der Waals surface area contributed by atoms with Crippen LogP contribution in [0.15, 0.2) is 42.6 Å². The van der Waals surface area contributed by atoms with E-state index in [2.05, 4.69) is 47.5 Å². The van der Waals surface area contributed by atoms with Gasteiger partial charge in [-0.2, -0.15) is 0 Å². The number of hydrogen-bond donors (Lipinski definition) is 2. The molecule has 4 atom stereocenters. The number of pyridine rings is 1. The molecule has 1 saturated carbocycles. The second-order valence-corrected chi connectivity index (χ2v) is 13.2. The van der Waals surface area contributed by atoms with Gasteiger partial charge < -0.3 is 15.2 Å². The first-order chi connectivity index (χ1) is 18.3. The maximum absolute atomic E-state index is 10.8. The van der Waals surface area contributed by atoms with Crippen LogP contribution in [0.2, 0.25) is 0 Å². The molecule has 1 aromatic heterocycles. The highest BCUT2D eigenvalue weighted by molar-refractivity contribution is 5.43. The van der Waals surface area contributed by atoms with Crippen LogP contribution < -0.4 is 5.32 Å². The molecule has 0 radical (unpaired) electrons. The number of hydrogen-bond acceptors (Lipinski definition) is 5. The van der Waals surface area contributed by atoms with Crippen molar-refractivity contribution in [3.63, 3.8) is 0 Å². The third-order valence-corrected chi connectivity index (χ3v) is 10.6. The van der Waals surface area contributed by atoms with Gasteiger partial charge in [-0.05, 0) is 108 Å². The standard InChI is InChI=1S/C33H47N3O2/c1-24(31(2,3)37)36-21-14-25-9-8-10-26-27(12-13-28(36)30(25)26)34-20-17-32(29-11-4-7-19-35-29)18-22-38-33(23-32)15-5-6-16-33/h4,7-11,19,24,27-28,34,37H,5-6,12-18,20-23H2,1-3H3/t24?,27?,28?,32-/m1/s1. The highest BCUT2D eigenvalue weighted by atomic mass is 16.5. The Morgan fingerprint density at radius 1 is 1.13 bits per heavy atom. The molecule has 2 aromatic rings. The van der Waals surface area contributed by atoms with E-state index in [4.69, 9.17) is 9.72 Å². The van der Waals surface area contributed by atoms with Crippen molar-refractivity contribution in [1.29, 1.82) is 0 Å². The fraction of sp³-hybridized carbons (Fsp3) is 0.667. The maximum Gasteiger partial charge on any atom is 0.0743 e. The van der Waals surface area contributed by atoms with Crippen LogP contribution in [0.25, 0.3) is 0 Å². The summed E-state index contributed by atoms with van der Waals surface area (Å²) < 4.78 is 6.47. The van der Waals surface area contributed by atoms with Crippen LogP contribution in [-0.2, 0) is 16.6 Å². The van der Waals surface area contributed by atoms with Gasteiger partial charge in [0.2, 0.25) is 0 Å². The molecular weight excluding hydrogens is 470 g/mol. The summed E-state index contributed by atoms with van der Waals surface area (Å²) in [5, 5.41) is 14.8. The van der Waals surface area contributed by atoms with E-state index in [0.717, 1.165) is 58.2 Å². The van der Waals surface area contributed by atoms with E-state index in [0.29, 0.717) is 12.1 Å². The summed E-state index contributed by atoms with van der Waals surface area (Å²) in [7, 11) is 0. The van der Waals surface area contributed by atoms with Crippen molar-refractivity contribution in [2.45, 2.75) is 120 Å². The summed E-state index contributed by atoms with van der Waals surface area (Å²) in [6.45, 7) is 8.98. The molecule has 3 heterocycles. The molecule has 2 aliphatic carbocycles. The molecule has 1 spiro atoms. The average Bonchev–Trinajstić information content (AvgIpc) is 3.36. The van der Waals surface area contributed by atoms with Gasteiger partial charge in [-0.15, -0.1) is 0 Å². The molecule has 5 nitrogen and oxygen atoms in total. The molecule has 2 aliphatic heterocycles. The highest BCUT2D eigenvalue weighted by Crippen LogP contribution is 2.50. The van der Waals surface area contributed by atoms with Crippen LogP contribution in [0.3, 0.4) is 0 Å². The van der Waals surface area contributed by atoms with Gasteiger partial charge in [0.05, 0.1) is 11.2 Å². The Kier molecular flexibility index (Phi) is 7.17. The number of benzene rings is 1. The molecule has 6 rings (SSSR count). The third-order valence-electron chi connectivity index (χ3n) is 10.6. The second kappa shape index (κ2) is 10.3. The van der Waals surface area contributed by atoms with E-state index in [-0.39, 0.29) is 17.1 Å². The van der Waals surface area contributed by atoms with Crippen LogP contribution in [0.4, 0.5) is 0 Å². The van der Waals surface area contributed by atoms with E-state index in [1.54, 1.807) is 0 Å². The van der Waals surface area contributed by atoms with Crippen LogP contribution >= 0.6 is 0 Å². The Morgan fingerprint density at radius 3 is 2.74 bits per heavy atom. The predicted octanol–water partition coefficient (Wildman–Crippen LogP) is 6.02. The second-order valence-electron chi connectivity index (χ2n) is 13.2. The van der Waals surface area contributed by atoms with Crippen molar-refractivity contribution in [1.82, 2.24) is 15.2 Å². The monoisotopic (exact) mass is 517 g/mol. The van der Waals surface area contributed by atoms with Gasteiger partial charge >= 0.3 is 0 Å². The Morgan fingerprint density at radius 2 is 1.97 bits per heavy atom. The van der Waals surface area contributed by atoms with Gasteiger partial charge in [0, 0.05) is 48.6 Å². The first-order valence-electron chi connectivity index (χ1n) is 15.2. The summed E-state index contributed by atoms with van der Waals surface area (Å²) >= 11 is 0. The summed E-state index contributed by atoms with van der Waals surface area (Å²) in [6.07, 6.45) is 13.6. The summed E-state index contributed by atoms with van der Waals surface area (Å²) in [5.74, 6) is 0. The molecule has 206 valence electrons. The predicted molar refractivity (Wildman–Crippen MR) is 152 cm³/mol. The zero-order valence-corrected chi connectivity index (χ0v) is 23.7. The fourth-order valence-corrected chi connectivity index (χ4v) is 8.29. The van der Waals surface area contributed by atoms with Gasteiger partial charge in [0.1, 0.15) is 0 Å². The Balaban J connectivity index is 1.21. The summed E-state index contributed by atoms with van der Waals surface area (Å²) in [6, 6.07) is 14.3. The largest absolute Gasteiger partial charge is 0.389 e. The quantitative estimate of drug-likeness (QED) is 0.471. The van der Waals surface area contributed by atoms with Gasteiger partial charge in [-0.1, -0.05) is 37.1 Å². The molecule has 1 aromatic carbocycles. The minimum atomic E-state index is -0.707. The van der Waals surface area contributed by atoms with E-state index >= 15 is 0 Å². The molecule has 38 heavy (non-hydrogen) atoms. The first-order valence-corrected chi connectivity index (χ1v) is 15.2. The van der Waals surface area contributed by atoms with Crippen LogP contribution in [-0.4, -0.2) is 51.9 Å². The van der Waals surface area contributed by atoms with Gasteiger partial charge in [-0.3, -0.25) is 9.88 Å². The smallest absolute Gasteiger partial charge is 0.0743 e. The number of rotatable bonds is 7. The molecule has 1 saturated heterocycles. The number of nitrogens with one attached hydrogen (secondary N) is 1. The molecule has 5 heteroatoms. The van der Waals surface area contributed by atoms with Crippen LogP contribution in [0, 0.1) is 0 Å². The summed E-state index contributed by atoms with van der Waals surface area (Å²) in [5.41, 5.74) is 5.23. The van der Waals surface area contributed by atoms with Crippen molar-refractivity contribution >= 4 is 0 Å². The minimum absolute atomic E-state index is 0.0625. The molecule has 2 fully saturated rings. The van der Waals surface area contributed by atoms with Crippen LogP contribution in [0.1, 0.15) is 113 Å². The third kappa shape index (κ3) is 4.85. The molecular formula is C33H47N3O2. The molecule has 2 N–H and O–H groups in total. The Bertz CT molecular complexity index is 1110. The van der Waals surface area contributed by atoms with Gasteiger partial charge in [0.25, 0.3) is 0 Å². The molecule has 0 bridgehead atoms. The van der Waals surface area contributed by atoms with E-state index in [1.807, 2.05) is 26.1 Å². The van der Waals surface area contributed by atoms with Gasteiger partial charge in [0.15, 0.2) is 0 Å². The zero-order valence-electron chi connectivity index (χ0n) is 23.7. The number of nitrogens with zero attached hydrogens (tertiary/aromatic N) is 2. The van der Waals surface area contributed by atoms with Crippen molar-refractivity contribution in [3.8, 4) is 0 Å². The zero-order chi connectivity index (χ0) is 26.4. The average molecular weight is 518 g/mol. The minimum Gasteiger partial charge on any atom is -0.389 e. The van der Waals surface area contributed by atoms with Crippen LogP contribution in [0.5, 0.6) is 0 Å².